The van der Waals surface area contributed by atoms with E-state index in [-0.39, 0.29) is 5.69 Å². The maximum Gasteiger partial charge on any atom is 0.354 e. The number of aryl methyl sites for hydroxylation is 1. The van der Waals surface area contributed by atoms with Crippen molar-refractivity contribution < 1.29 is 9.90 Å². The summed E-state index contributed by atoms with van der Waals surface area (Å²) >= 11 is 1.55. The molecule has 0 saturated carbocycles. The van der Waals surface area contributed by atoms with Gasteiger partial charge in [-0.05, 0) is 42.3 Å². The molecule has 0 saturated heterocycles. The average molecular weight is 284 g/mol. The lowest BCUT2D eigenvalue weighted by Gasteiger charge is -2.06. The molecule has 0 fully saturated rings. The second-order valence-corrected chi connectivity index (χ2v) is 5.27. The minimum absolute atomic E-state index is 0.0477. The summed E-state index contributed by atoms with van der Waals surface area (Å²) in [6.45, 7) is 1.96. The molecule has 0 aliphatic rings. The van der Waals surface area contributed by atoms with Crippen LogP contribution in [0.2, 0.25) is 0 Å². The Kier molecular flexibility index (Phi) is 4.38. The van der Waals surface area contributed by atoms with Crippen LogP contribution in [0, 0.1) is 18.3 Å². The van der Waals surface area contributed by atoms with Crippen LogP contribution in [0.3, 0.4) is 0 Å². The average Bonchev–Trinajstić information content (AvgIpc) is 2.46. The fourth-order valence-corrected chi connectivity index (χ4v) is 2.70. The van der Waals surface area contributed by atoms with E-state index in [1.54, 1.807) is 30.0 Å². The Morgan fingerprint density at radius 2 is 2.20 bits per heavy atom. The number of thioether (sulfide) groups is 1. The molecule has 0 aliphatic heterocycles. The molecule has 1 N–H and O–H groups in total. The minimum atomic E-state index is -1.03. The first kappa shape index (κ1) is 14.1. The summed E-state index contributed by atoms with van der Waals surface area (Å²) in [5.41, 5.74) is 2.88. The van der Waals surface area contributed by atoms with Crippen LogP contribution in [0.4, 0.5) is 0 Å². The Morgan fingerprint density at radius 1 is 1.40 bits per heavy atom. The number of nitriles is 1. The van der Waals surface area contributed by atoms with Crippen LogP contribution in [-0.2, 0) is 5.75 Å². The summed E-state index contributed by atoms with van der Waals surface area (Å²) in [7, 11) is 0. The molecule has 1 aromatic carbocycles. The Labute approximate surface area is 121 Å². The van der Waals surface area contributed by atoms with Gasteiger partial charge in [0, 0.05) is 16.8 Å². The Morgan fingerprint density at radius 3 is 2.85 bits per heavy atom. The number of aromatic carboxylic acids is 1. The zero-order chi connectivity index (χ0) is 14.5. The second kappa shape index (κ2) is 6.22. The molecular weight excluding hydrogens is 272 g/mol. The zero-order valence-corrected chi connectivity index (χ0v) is 11.6. The molecule has 2 aromatic rings. The lowest BCUT2D eigenvalue weighted by Crippen LogP contribution is -1.99. The molecule has 2 rings (SSSR count). The summed E-state index contributed by atoms with van der Waals surface area (Å²) in [5, 5.41) is 17.7. The fraction of sp³-hybridized carbons (Fsp3) is 0.133. The molecular formula is C15H12N2O2S. The topological polar surface area (TPSA) is 74.0 Å². The van der Waals surface area contributed by atoms with Crippen molar-refractivity contribution in [2.24, 2.45) is 0 Å². The van der Waals surface area contributed by atoms with Crippen molar-refractivity contribution in [3.8, 4) is 6.07 Å². The third-order valence-corrected chi connectivity index (χ3v) is 3.86. The number of carbonyl (C=O) groups is 1. The van der Waals surface area contributed by atoms with Crippen LogP contribution in [0.5, 0.6) is 0 Å². The molecule has 1 aromatic heterocycles. The van der Waals surface area contributed by atoms with Gasteiger partial charge in [0.15, 0.2) is 0 Å². The highest BCUT2D eigenvalue weighted by atomic mass is 32.2. The Balaban J connectivity index is 2.11. The van der Waals surface area contributed by atoms with Gasteiger partial charge in [-0.25, -0.2) is 9.78 Å². The van der Waals surface area contributed by atoms with Crippen molar-refractivity contribution in [2.45, 2.75) is 17.6 Å². The van der Waals surface area contributed by atoms with Gasteiger partial charge in [-0.2, -0.15) is 5.26 Å². The van der Waals surface area contributed by atoms with E-state index in [9.17, 15) is 4.79 Å². The van der Waals surface area contributed by atoms with Crippen molar-refractivity contribution in [1.82, 2.24) is 4.98 Å². The smallest absolute Gasteiger partial charge is 0.354 e. The van der Waals surface area contributed by atoms with Gasteiger partial charge in [0.25, 0.3) is 0 Å². The summed E-state index contributed by atoms with van der Waals surface area (Å²) in [6.07, 6.45) is 1.50. The number of hydrogen-bond acceptors (Lipinski definition) is 4. The van der Waals surface area contributed by atoms with E-state index >= 15 is 0 Å². The van der Waals surface area contributed by atoms with Crippen molar-refractivity contribution in [3.05, 3.63) is 58.9 Å². The van der Waals surface area contributed by atoms with Gasteiger partial charge in [-0.1, -0.05) is 6.07 Å². The maximum absolute atomic E-state index is 10.8. The number of pyridine rings is 1. The van der Waals surface area contributed by atoms with Crippen LogP contribution in [-0.4, -0.2) is 16.1 Å². The highest BCUT2D eigenvalue weighted by Crippen LogP contribution is 2.25. The van der Waals surface area contributed by atoms with E-state index in [1.807, 2.05) is 19.1 Å². The van der Waals surface area contributed by atoms with E-state index in [2.05, 4.69) is 11.1 Å². The molecule has 100 valence electrons. The first-order valence-electron chi connectivity index (χ1n) is 5.92. The van der Waals surface area contributed by atoms with Gasteiger partial charge in [0.05, 0.1) is 11.6 Å². The van der Waals surface area contributed by atoms with Crippen LogP contribution < -0.4 is 0 Å². The predicted octanol–water partition coefficient (Wildman–Crippen LogP) is 3.25. The largest absolute Gasteiger partial charge is 0.477 e. The van der Waals surface area contributed by atoms with Crippen molar-refractivity contribution in [1.29, 1.82) is 5.26 Å². The fourth-order valence-electron chi connectivity index (χ4n) is 1.71. The van der Waals surface area contributed by atoms with E-state index in [0.717, 1.165) is 21.8 Å². The number of aromatic nitrogens is 1. The quantitative estimate of drug-likeness (QED) is 0.872. The maximum atomic E-state index is 10.8. The Bertz CT molecular complexity index is 693. The van der Waals surface area contributed by atoms with Crippen molar-refractivity contribution >= 4 is 17.7 Å². The third-order valence-electron chi connectivity index (χ3n) is 2.82. The van der Waals surface area contributed by atoms with Gasteiger partial charge < -0.3 is 5.11 Å². The molecule has 0 aliphatic carbocycles. The minimum Gasteiger partial charge on any atom is -0.477 e. The Hall–Kier alpha value is -2.32. The molecule has 4 nitrogen and oxygen atoms in total. The van der Waals surface area contributed by atoms with Gasteiger partial charge in [0.1, 0.15) is 5.69 Å². The van der Waals surface area contributed by atoms with Crippen LogP contribution >= 0.6 is 11.8 Å². The SMILES string of the molecule is Cc1cc(C#N)ccc1CSc1ccnc(C(=O)O)c1. The number of carboxylic acids is 1. The summed E-state index contributed by atoms with van der Waals surface area (Å²) in [6, 6.07) is 11.0. The summed E-state index contributed by atoms with van der Waals surface area (Å²) < 4.78 is 0. The van der Waals surface area contributed by atoms with E-state index in [0.29, 0.717) is 5.56 Å². The standard InChI is InChI=1S/C15H12N2O2S/c1-10-6-11(8-16)2-3-12(10)9-20-13-4-5-17-14(7-13)15(18)19/h2-7H,9H2,1H3,(H,18,19). The third kappa shape index (κ3) is 3.37. The number of rotatable bonds is 4. The summed E-state index contributed by atoms with van der Waals surface area (Å²) in [4.78, 5) is 15.5. The predicted molar refractivity (Wildman–Crippen MR) is 76.7 cm³/mol. The van der Waals surface area contributed by atoms with Crippen LogP contribution in [0.15, 0.2) is 41.4 Å². The monoisotopic (exact) mass is 284 g/mol. The van der Waals surface area contributed by atoms with Crippen molar-refractivity contribution in [3.63, 3.8) is 0 Å². The molecule has 0 amide bonds. The van der Waals surface area contributed by atoms with E-state index < -0.39 is 5.97 Å². The van der Waals surface area contributed by atoms with Gasteiger partial charge >= 0.3 is 5.97 Å². The van der Waals surface area contributed by atoms with Crippen molar-refractivity contribution in [2.75, 3.05) is 0 Å². The highest BCUT2D eigenvalue weighted by molar-refractivity contribution is 7.98. The van der Waals surface area contributed by atoms with Gasteiger partial charge in [-0.3, -0.25) is 0 Å². The van der Waals surface area contributed by atoms with E-state index in [1.165, 1.54) is 6.20 Å². The van der Waals surface area contributed by atoms with Crippen LogP contribution in [0.25, 0.3) is 0 Å². The number of hydrogen-bond donors (Lipinski definition) is 1. The van der Waals surface area contributed by atoms with Gasteiger partial charge in [-0.15, -0.1) is 11.8 Å². The summed E-state index contributed by atoms with van der Waals surface area (Å²) in [5.74, 6) is -0.303. The van der Waals surface area contributed by atoms with Crippen LogP contribution in [0.1, 0.15) is 27.2 Å². The highest BCUT2D eigenvalue weighted by Gasteiger charge is 2.06. The number of benzene rings is 1. The molecule has 0 bridgehead atoms. The zero-order valence-electron chi connectivity index (χ0n) is 10.8. The lowest BCUT2D eigenvalue weighted by atomic mass is 10.1. The molecule has 1 heterocycles. The lowest BCUT2D eigenvalue weighted by molar-refractivity contribution is 0.0690. The number of carboxylic acid groups (broad SMARTS) is 1. The van der Waals surface area contributed by atoms with E-state index in [4.69, 9.17) is 10.4 Å². The second-order valence-electron chi connectivity index (χ2n) is 4.22. The van der Waals surface area contributed by atoms with Gasteiger partial charge in [0.2, 0.25) is 0 Å². The number of nitrogens with zero attached hydrogens (tertiary/aromatic N) is 2. The molecule has 20 heavy (non-hydrogen) atoms. The first-order valence-corrected chi connectivity index (χ1v) is 6.90. The molecule has 0 radical (unpaired) electrons. The normalized spacial score (nSPS) is 10.0. The molecule has 0 unspecified atom stereocenters. The molecule has 0 atom stereocenters. The molecule has 5 heteroatoms. The first-order chi connectivity index (χ1) is 9.60. The molecule has 0 spiro atoms.